The van der Waals surface area contributed by atoms with Gasteiger partial charge in [0.2, 0.25) is 0 Å². The van der Waals surface area contributed by atoms with E-state index < -0.39 is 0 Å². The van der Waals surface area contributed by atoms with Gasteiger partial charge in [-0.15, -0.1) is 0 Å². The van der Waals surface area contributed by atoms with Crippen LogP contribution in [0.3, 0.4) is 0 Å². The Morgan fingerprint density at radius 3 is 1.67 bits per heavy atom. The van der Waals surface area contributed by atoms with E-state index in [1.807, 2.05) is 19.1 Å². The fraction of sp³-hybridized carbons (Fsp3) is 1.00. The monoisotopic (exact) mass is 172 g/mol. The molecule has 12 heavy (non-hydrogen) atoms. The molecular weight excluding hydrogens is 148 g/mol. The second-order valence-electron chi connectivity index (χ2n) is 5.63. The molecule has 0 atom stereocenters. The molecule has 0 unspecified atom stereocenters. The van der Waals surface area contributed by atoms with Crippen LogP contribution < -0.4 is 5.43 Å². The lowest BCUT2D eigenvalue weighted by molar-refractivity contribution is 0.139. The molecule has 0 rings (SSSR count). The van der Waals surface area contributed by atoms with Crippen LogP contribution in [-0.4, -0.2) is 24.6 Å². The van der Waals surface area contributed by atoms with Crippen molar-refractivity contribution in [1.29, 1.82) is 0 Å². The summed E-state index contributed by atoms with van der Waals surface area (Å²) in [4.78, 5) is 0. The quantitative estimate of drug-likeness (QED) is 0.657. The summed E-state index contributed by atoms with van der Waals surface area (Å²) in [5.74, 6) is 0. The highest BCUT2D eigenvalue weighted by Crippen LogP contribution is 2.26. The highest BCUT2D eigenvalue weighted by molar-refractivity contribution is 4.81. The van der Waals surface area contributed by atoms with Crippen LogP contribution in [0.5, 0.6) is 0 Å². The molecule has 0 aromatic rings. The van der Waals surface area contributed by atoms with E-state index in [1.165, 1.54) is 0 Å². The molecule has 0 radical (unpaired) electrons. The van der Waals surface area contributed by atoms with E-state index >= 15 is 0 Å². The maximum absolute atomic E-state index is 3.41. The van der Waals surface area contributed by atoms with Gasteiger partial charge in [-0.2, -0.15) is 0 Å². The maximum Gasteiger partial charge on any atom is 0.0274 e. The molecule has 0 saturated carbocycles. The third-order valence-electron chi connectivity index (χ3n) is 1.50. The Kier molecular flexibility index (Phi) is 3.73. The largest absolute Gasteiger partial charge is 0.250 e. The van der Waals surface area contributed by atoms with Crippen LogP contribution in [0.2, 0.25) is 0 Å². The van der Waals surface area contributed by atoms with Crippen molar-refractivity contribution in [3.8, 4) is 0 Å². The summed E-state index contributed by atoms with van der Waals surface area (Å²) in [6.07, 6.45) is 1.16. The van der Waals surface area contributed by atoms with Gasteiger partial charge < -0.3 is 0 Å². The minimum absolute atomic E-state index is 0.182. The van der Waals surface area contributed by atoms with Gasteiger partial charge in [-0.25, -0.2) is 0 Å². The summed E-state index contributed by atoms with van der Waals surface area (Å²) < 4.78 is 0. The van der Waals surface area contributed by atoms with E-state index in [9.17, 15) is 0 Å². The summed E-state index contributed by atoms with van der Waals surface area (Å²) in [6.45, 7) is 11.3. The number of nitrogens with one attached hydrogen (secondary N) is 1. The summed E-state index contributed by atoms with van der Waals surface area (Å²) in [7, 11) is 4.06. The van der Waals surface area contributed by atoms with Crippen LogP contribution in [0.25, 0.3) is 0 Å². The van der Waals surface area contributed by atoms with Crippen LogP contribution in [0.15, 0.2) is 0 Å². The Labute approximate surface area is 77.3 Å². The Morgan fingerprint density at radius 2 is 1.42 bits per heavy atom. The smallest absolute Gasteiger partial charge is 0.0274 e. The fourth-order valence-electron chi connectivity index (χ4n) is 1.97. The van der Waals surface area contributed by atoms with Gasteiger partial charge in [-0.1, -0.05) is 20.8 Å². The topological polar surface area (TPSA) is 15.3 Å². The fourth-order valence-corrected chi connectivity index (χ4v) is 1.97. The van der Waals surface area contributed by atoms with Crippen molar-refractivity contribution in [3.63, 3.8) is 0 Å². The standard InChI is InChI=1S/C10H24N2/c1-9(2,3)8-10(4,5)11-12(6)7/h11H,8H2,1-7H3. The summed E-state index contributed by atoms with van der Waals surface area (Å²) in [5, 5.41) is 2.02. The lowest BCUT2D eigenvalue weighted by Crippen LogP contribution is -2.49. The average molecular weight is 172 g/mol. The number of hydrogen-bond donors (Lipinski definition) is 1. The first-order chi connectivity index (χ1) is 5.12. The van der Waals surface area contributed by atoms with Crippen molar-refractivity contribution >= 4 is 0 Å². The minimum atomic E-state index is 0.182. The lowest BCUT2D eigenvalue weighted by atomic mass is 9.82. The van der Waals surface area contributed by atoms with E-state index in [1.54, 1.807) is 0 Å². The Hall–Kier alpha value is -0.0800. The molecule has 0 aromatic heterocycles. The molecule has 0 amide bonds. The van der Waals surface area contributed by atoms with Crippen LogP contribution in [0.1, 0.15) is 41.0 Å². The molecule has 0 heterocycles. The number of hydrazine groups is 1. The number of rotatable bonds is 3. The number of nitrogens with zero attached hydrogens (tertiary/aromatic N) is 1. The second-order valence-corrected chi connectivity index (χ2v) is 5.63. The minimum Gasteiger partial charge on any atom is -0.250 e. The first-order valence-electron chi connectivity index (χ1n) is 4.58. The maximum atomic E-state index is 3.41. The van der Waals surface area contributed by atoms with Gasteiger partial charge >= 0.3 is 0 Å². The van der Waals surface area contributed by atoms with Gasteiger partial charge in [0, 0.05) is 19.6 Å². The molecule has 0 saturated heterocycles. The highest BCUT2D eigenvalue weighted by Gasteiger charge is 2.25. The molecule has 0 aromatic carbocycles. The van der Waals surface area contributed by atoms with Gasteiger partial charge in [0.15, 0.2) is 0 Å². The predicted octanol–water partition coefficient (Wildman–Crippen LogP) is 2.27. The Bertz CT molecular complexity index is 131. The van der Waals surface area contributed by atoms with Gasteiger partial charge in [0.05, 0.1) is 0 Å². The van der Waals surface area contributed by atoms with E-state index in [0.29, 0.717) is 5.41 Å². The average Bonchev–Trinajstić information content (AvgIpc) is 1.48. The van der Waals surface area contributed by atoms with E-state index in [4.69, 9.17) is 0 Å². The molecule has 2 heteroatoms. The molecule has 0 aliphatic rings. The van der Waals surface area contributed by atoms with Gasteiger partial charge in [0.25, 0.3) is 0 Å². The van der Waals surface area contributed by atoms with E-state index in [2.05, 4.69) is 40.0 Å². The summed E-state index contributed by atoms with van der Waals surface area (Å²) >= 11 is 0. The van der Waals surface area contributed by atoms with Gasteiger partial charge in [-0.05, 0) is 25.7 Å². The van der Waals surface area contributed by atoms with Crippen LogP contribution >= 0.6 is 0 Å². The molecule has 2 nitrogen and oxygen atoms in total. The van der Waals surface area contributed by atoms with Crippen LogP contribution in [0, 0.1) is 5.41 Å². The van der Waals surface area contributed by atoms with Crippen molar-refractivity contribution in [2.24, 2.45) is 5.41 Å². The zero-order chi connectivity index (χ0) is 9.99. The Morgan fingerprint density at radius 1 is 1.00 bits per heavy atom. The molecule has 0 aliphatic heterocycles. The third-order valence-corrected chi connectivity index (χ3v) is 1.50. The lowest BCUT2D eigenvalue weighted by Gasteiger charge is -2.35. The molecule has 74 valence electrons. The molecular formula is C10H24N2. The Balaban J connectivity index is 4.04. The third kappa shape index (κ3) is 6.62. The highest BCUT2D eigenvalue weighted by atomic mass is 15.5. The van der Waals surface area contributed by atoms with Crippen molar-refractivity contribution in [2.75, 3.05) is 14.1 Å². The van der Waals surface area contributed by atoms with Crippen molar-refractivity contribution in [2.45, 2.75) is 46.6 Å². The van der Waals surface area contributed by atoms with Crippen molar-refractivity contribution in [1.82, 2.24) is 10.4 Å². The van der Waals surface area contributed by atoms with E-state index in [0.717, 1.165) is 6.42 Å². The van der Waals surface area contributed by atoms with Crippen LogP contribution in [0.4, 0.5) is 0 Å². The first-order valence-corrected chi connectivity index (χ1v) is 4.58. The SMILES string of the molecule is CN(C)NC(C)(C)CC(C)(C)C. The molecule has 0 bridgehead atoms. The second kappa shape index (κ2) is 3.75. The molecule has 0 fully saturated rings. The summed E-state index contributed by atoms with van der Waals surface area (Å²) in [6, 6.07) is 0. The zero-order valence-electron chi connectivity index (χ0n) is 9.65. The zero-order valence-corrected chi connectivity index (χ0v) is 9.65. The predicted molar refractivity (Wildman–Crippen MR) is 55.0 cm³/mol. The number of hydrogen-bond acceptors (Lipinski definition) is 2. The van der Waals surface area contributed by atoms with Crippen molar-refractivity contribution in [3.05, 3.63) is 0 Å². The summed E-state index contributed by atoms with van der Waals surface area (Å²) in [5.41, 5.74) is 3.97. The van der Waals surface area contributed by atoms with E-state index in [-0.39, 0.29) is 5.54 Å². The van der Waals surface area contributed by atoms with Gasteiger partial charge in [-0.3, -0.25) is 10.4 Å². The van der Waals surface area contributed by atoms with Gasteiger partial charge in [0.1, 0.15) is 0 Å². The molecule has 0 spiro atoms. The van der Waals surface area contributed by atoms with Crippen LogP contribution in [-0.2, 0) is 0 Å². The molecule has 1 N–H and O–H groups in total. The molecule has 0 aliphatic carbocycles. The first kappa shape index (κ1) is 11.9. The van der Waals surface area contributed by atoms with Crippen molar-refractivity contribution < 1.29 is 0 Å². The normalized spacial score (nSPS) is 14.0.